The molecule has 98 valence electrons. The standard InChI is InChI=1S/C13H12ClN3O2/c1-9-7-11(14)16-13(15-9)17-12(18)8-19-10-5-3-2-4-6-10/h2-7H,8H2,1H3,(H,15,16,17,18). The van der Waals surface area contributed by atoms with Gasteiger partial charge in [0.1, 0.15) is 10.9 Å². The Balaban J connectivity index is 1.91. The largest absolute Gasteiger partial charge is 0.484 e. The summed E-state index contributed by atoms with van der Waals surface area (Å²) in [5, 5.41) is 2.81. The second kappa shape index (κ2) is 6.15. The fourth-order valence-corrected chi connectivity index (χ4v) is 1.65. The zero-order chi connectivity index (χ0) is 13.7. The molecule has 0 saturated heterocycles. The Hall–Kier alpha value is -2.14. The van der Waals surface area contributed by atoms with Crippen molar-refractivity contribution in [2.45, 2.75) is 6.92 Å². The van der Waals surface area contributed by atoms with Crippen LogP contribution in [0.3, 0.4) is 0 Å². The van der Waals surface area contributed by atoms with Gasteiger partial charge in [-0.2, -0.15) is 0 Å². The minimum Gasteiger partial charge on any atom is -0.484 e. The van der Waals surface area contributed by atoms with Crippen molar-refractivity contribution in [2.75, 3.05) is 11.9 Å². The van der Waals surface area contributed by atoms with Crippen molar-refractivity contribution in [3.05, 3.63) is 47.2 Å². The summed E-state index contributed by atoms with van der Waals surface area (Å²) in [6, 6.07) is 10.7. The van der Waals surface area contributed by atoms with E-state index in [9.17, 15) is 4.79 Å². The highest BCUT2D eigenvalue weighted by atomic mass is 35.5. The molecule has 0 saturated carbocycles. The Morgan fingerprint density at radius 3 is 2.74 bits per heavy atom. The molecule has 0 aliphatic heterocycles. The minimum atomic E-state index is -0.342. The molecule has 0 aliphatic carbocycles. The van der Waals surface area contributed by atoms with Crippen LogP contribution in [0, 0.1) is 6.92 Å². The van der Waals surface area contributed by atoms with E-state index in [-0.39, 0.29) is 23.6 Å². The number of amides is 1. The van der Waals surface area contributed by atoms with Crippen LogP contribution in [0.4, 0.5) is 5.95 Å². The van der Waals surface area contributed by atoms with Crippen molar-refractivity contribution in [2.24, 2.45) is 0 Å². The zero-order valence-electron chi connectivity index (χ0n) is 10.3. The number of para-hydroxylation sites is 1. The molecule has 0 aliphatic rings. The second-order valence-corrected chi connectivity index (χ2v) is 4.19. The molecule has 1 amide bonds. The summed E-state index contributed by atoms with van der Waals surface area (Å²) in [5.74, 6) is 0.457. The number of rotatable bonds is 4. The minimum absolute atomic E-state index is 0.112. The number of carbonyl (C=O) groups excluding carboxylic acids is 1. The molecule has 0 unspecified atom stereocenters. The van der Waals surface area contributed by atoms with Crippen LogP contribution in [0.5, 0.6) is 5.75 Å². The van der Waals surface area contributed by atoms with Crippen LogP contribution in [-0.2, 0) is 4.79 Å². The third-order valence-corrected chi connectivity index (χ3v) is 2.38. The molecule has 1 aromatic carbocycles. The van der Waals surface area contributed by atoms with Crippen LogP contribution < -0.4 is 10.1 Å². The lowest BCUT2D eigenvalue weighted by Gasteiger charge is -2.06. The van der Waals surface area contributed by atoms with Crippen molar-refractivity contribution in [1.82, 2.24) is 9.97 Å². The maximum atomic E-state index is 11.6. The van der Waals surface area contributed by atoms with Gasteiger partial charge >= 0.3 is 0 Å². The number of nitrogens with zero attached hydrogens (tertiary/aromatic N) is 2. The number of hydrogen-bond acceptors (Lipinski definition) is 4. The van der Waals surface area contributed by atoms with Gasteiger partial charge in [0, 0.05) is 5.69 Å². The van der Waals surface area contributed by atoms with E-state index in [4.69, 9.17) is 16.3 Å². The van der Waals surface area contributed by atoms with Gasteiger partial charge in [0.15, 0.2) is 6.61 Å². The topological polar surface area (TPSA) is 64.1 Å². The fraction of sp³-hybridized carbons (Fsp3) is 0.154. The zero-order valence-corrected chi connectivity index (χ0v) is 11.0. The number of nitrogens with one attached hydrogen (secondary N) is 1. The summed E-state index contributed by atoms with van der Waals surface area (Å²) in [4.78, 5) is 19.6. The molecule has 1 aromatic heterocycles. The summed E-state index contributed by atoms with van der Waals surface area (Å²) in [6.45, 7) is 1.66. The summed E-state index contributed by atoms with van der Waals surface area (Å²) in [6.07, 6.45) is 0. The fourth-order valence-electron chi connectivity index (χ4n) is 1.41. The van der Waals surface area contributed by atoms with Crippen LogP contribution in [0.1, 0.15) is 5.69 Å². The van der Waals surface area contributed by atoms with E-state index >= 15 is 0 Å². The monoisotopic (exact) mass is 277 g/mol. The molecule has 0 spiro atoms. The van der Waals surface area contributed by atoms with Crippen LogP contribution in [0.2, 0.25) is 5.15 Å². The van der Waals surface area contributed by atoms with Crippen molar-refractivity contribution in [1.29, 1.82) is 0 Å². The molecule has 5 nitrogen and oxygen atoms in total. The predicted octanol–water partition coefficient (Wildman–Crippen LogP) is 2.46. The van der Waals surface area contributed by atoms with Crippen LogP contribution in [-0.4, -0.2) is 22.5 Å². The summed E-state index contributed by atoms with van der Waals surface area (Å²) < 4.78 is 5.30. The van der Waals surface area contributed by atoms with Gasteiger partial charge in [-0.3, -0.25) is 10.1 Å². The first-order chi connectivity index (χ1) is 9.13. The molecule has 0 radical (unpaired) electrons. The third-order valence-electron chi connectivity index (χ3n) is 2.19. The summed E-state index contributed by atoms with van der Waals surface area (Å²) in [5.41, 5.74) is 0.680. The van der Waals surface area contributed by atoms with E-state index in [1.807, 2.05) is 18.2 Å². The number of ether oxygens (including phenoxy) is 1. The average Bonchev–Trinajstić information content (AvgIpc) is 2.36. The Labute approximate surface area is 115 Å². The third kappa shape index (κ3) is 4.22. The molecule has 0 fully saturated rings. The number of aryl methyl sites for hydroxylation is 1. The Kier molecular flexibility index (Phi) is 4.30. The lowest BCUT2D eigenvalue weighted by atomic mass is 10.3. The number of halogens is 1. The maximum Gasteiger partial charge on any atom is 0.264 e. The van der Waals surface area contributed by atoms with Gasteiger partial charge in [-0.25, -0.2) is 9.97 Å². The van der Waals surface area contributed by atoms with Crippen molar-refractivity contribution in [3.8, 4) is 5.75 Å². The Morgan fingerprint density at radius 1 is 1.32 bits per heavy atom. The van der Waals surface area contributed by atoms with Crippen LogP contribution in [0.15, 0.2) is 36.4 Å². The van der Waals surface area contributed by atoms with Gasteiger partial charge in [-0.15, -0.1) is 0 Å². The molecule has 19 heavy (non-hydrogen) atoms. The predicted molar refractivity (Wildman–Crippen MR) is 72.3 cm³/mol. The number of carbonyl (C=O) groups is 1. The highest BCUT2D eigenvalue weighted by Crippen LogP contribution is 2.10. The first-order valence-corrected chi connectivity index (χ1v) is 6.00. The highest BCUT2D eigenvalue weighted by molar-refractivity contribution is 6.29. The maximum absolute atomic E-state index is 11.6. The number of hydrogen-bond donors (Lipinski definition) is 1. The number of anilines is 1. The summed E-state index contributed by atoms with van der Waals surface area (Å²) >= 11 is 5.77. The molecular weight excluding hydrogens is 266 g/mol. The normalized spacial score (nSPS) is 10.0. The van der Waals surface area contributed by atoms with E-state index in [1.165, 1.54) is 0 Å². The molecule has 1 heterocycles. The Morgan fingerprint density at radius 2 is 2.05 bits per heavy atom. The lowest BCUT2D eigenvalue weighted by Crippen LogP contribution is -2.21. The molecule has 2 aromatic rings. The average molecular weight is 278 g/mol. The van der Waals surface area contributed by atoms with Gasteiger partial charge < -0.3 is 4.74 Å². The first-order valence-electron chi connectivity index (χ1n) is 5.62. The van der Waals surface area contributed by atoms with Gasteiger partial charge in [-0.1, -0.05) is 29.8 Å². The highest BCUT2D eigenvalue weighted by Gasteiger charge is 2.07. The van der Waals surface area contributed by atoms with Gasteiger partial charge in [0.25, 0.3) is 5.91 Å². The van der Waals surface area contributed by atoms with Gasteiger partial charge in [0.2, 0.25) is 5.95 Å². The van der Waals surface area contributed by atoms with E-state index in [2.05, 4.69) is 15.3 Å². The van der Waals surface area contributed by atoms with Crippen molar-refractivity contribution in [3.63, 3.8) is 0 Å². The quantitative estimate of drug-likeness (QED) is 0.872. The van der Waals surface area contributed by atoms with E-state index in [1.54, 1.807) is 25.1 Å². The molecule has 0 atom stereocenters. The van der Waals surface area contributed by atoms with Gasteiger partial charge in [0.05, 0.1) is 0 Å². The SMILES string of the molecule is Cc1cc(Cl)nc(NC(=O)COc2ccccc2)n1. The van der Waals surface area contributed by atoms with E-state index in [0.717, 1.165) is 0 Å². The second-order valence-electron chi connectivity index (χ2n) is 3.81. The van der Waals surface area contributed by atoms with Crippen LogP contribution in [0.25, 0.3) is 0 Å². The molecule has 2 rings (SSSR count). The van der Waals surface area contributed by atoms with Crippen LogP contribution >= 0.6 is 11.6 Å². The molecule has 6 heteroatoms. The molecule has 1 N–H and O–H groups in total. The number of aromatic nitrogens is 2. The number of benzene rings is 1. The van der Waals surface area contributed by atoms with Crippen molar-refractivity contribution < 1.29 is 9.53 Å². The Bertz CT molecular complexity index is 555. The van der Waals surface area contributed by atoms with Gasteiger partial charge in [-0.05, 0) is 25.1 Å². The van der Waals surface area contributed by atoms with Crippen molar-refractivity contribution >= 4 is 23.5 Å². The molecular formula is C13H12ClN3O2. The first kappa shape index (κ1) is 13.3. The van der Waals surface area contributed by atoms with E-state index in [0.29, 0.717) is 11.4 Å². The molecule has 0 bridgehead atoms. The summed E-state index contributed by atoms with van der Waals surface area (Å²) in [7, 11) is 0. The lowest BCUT2D eigenvalue weighted by molar-refractivity contribution is -0.118. The smallest absolute Gasteiger partial charge is 0.264 e. The van der Waals surface area contributed by atoms with E-state index < -0.39 is 0 Å².